The Labute approximate surface area is 328 Å². The van der Waals surface area contributed by atoms with E-state index in [0.29, 0.717) is 12.1 Å². The van der Waals surface area contributed by atoms with E-state index in [1.54, 1.807) is 36.5 Å². The molecule has 14 heteroatoms. The molecule has 1 aromatic heterocycles. The Bertz CT molecular complexity index is 1940. The van der Waals surface area contributed by atoms with Gasteiger partial charge in [0.25, 0.3) is 0 Å². The summed E-state index contributed by atoms with van der Waals surface area (Å²) >= 11 is 0. The lowest BCUT2D eigenvalue weighted by Gasteiger charge is -2.29. The number of benzene rings is 3. The van der Waals surface area contributed by atoms with Crippen LogP contribution in [0, 0.1) is 11.8 Å². The maximum atomic E-state index is 14.3. The molecule has 4 rings (SSSR count). The number of aromatic nitrogens is 1. The second kappa shape index (κ2) is 21.3. The van der Waals surface area contributed by atoms with Crippen LogP contribution in [0.2, 0.25) is 0 Å². The summed E-state index contributed by atoms with van der Waals surface area (Å²) in [4.78, 5) is 70.2. The molecule has 3 unspecified atom stereocenters. The highest BCUT2D eigenvalue weighted by molar-refractivity contribution is 7.59. The number of hydrogen-bond acceptors (Lipinski definition) is 8. The van der Waals surface area contributed by atoms with Crippen LogP contribution < -0.4 is 21.3 Å². The third kappa shape index (κ3) is 13.3. The summed E-state index contributed by atoms with van der Waals surface area (Å²) in [6.07, 6.45) is 0.615. The summed E-state index contributed by atoms with van der Waals surface area (Å²) in [6.45, 7) is 7.03. The molecule has 4 amide bonds. The number of carbonyl (C=O) groups excluding carboxylic acids is 4. The molecule has 0 aliphatic carbocycles. The van der Waals surface area contributed by atoms with Gasteiger partial charge in [0.2, 0.25) is 25.1 Å². The van der Waals surface area contributed by atoms with Crippen LogP contribution in [-0.2, 0) is 43.1 Å². The van der Waals surface area contributed by atoms with Crippen molar-refractivity contribution in [1.82, 2.24) is 26.3 Å². The average Bonchev–Trinajstić information content (AvgIpc) is 3.18. The van der Waals surface area contributed by atoms with Crippen LogP contribution in [0.3, 0.4) is 0 Å². The molecule has 1 heterocycles. The lowest BCUT2D eigenvalue weighted by Crippen LogP contribution is -2.56. The van der Waals surface area contributed by atoms with Gasteiger partial charge >= 0.3 is 6.09 Å². The Kier molecular flexibility index (Phi) is 16.6. The highest BCUT2D eigenvalue weighted by atomic mass is 31.2. The highest BCUT2D eigenvalue weighted by Crippen LogP contribution is 2.47. The van der Waals surface area contributed by atoms with Crippen molar-refractivity contribution in [3.8, 4) is 0 Å². The smallest absolute Gasteiger partial charge is 0.408 e. The summed E-state index contributed by atoms with van der Waals surface area (Å²) < 4.78 is 19.3. The van der Waals surface area contributed by atoms with Gasteiger partial charge in [-0.05, 0) is 52.3 Å². The number of nitrogens with zero attached hydrogens (tertiary/aromatic N) is 1. The summed E-state index contributed by atoms with van der Waals surface area (Å²) in [5.74, 6) is -3.76. The minimum atomic E-state index is -4.40. The summed E-state index contributed by atoms with van der Waals surface area (Å²) in [6, 6.07) is 24.4. The maximum Gasteiger partial charge on any atom is 0.408 e. The molecule has 0 spiro atoms. The molecule has 4 aromatic rings. The van der Waals surface area contributed by atoms with Crippen molar-refractivity contribution in [3.63, 3.8) is 0 Å². The van der Waals surface area contributed by atoms with Crippen LogP contribution in [-0.4, -0.2) is 75.5 Å². The molecule has 0 saturated carbocycles. The van der Waals surface area contributed by atoms with Crippen LogP contribution in [0.5, 0.6) is 0 Å². The fourth-order valence-electron chi connectivity index (χ4n) is 6.27. The molecule has 0 aliphatic heterocycles. The van der Waals surface area contributed by atoms with Crippen LogP contribution in [0.4, 0.5) is 4.79 Å². The van der Waals surface area contributed by atoms with Gasteiger partial charge in [-0.25, -0.2) is 4.79 Å². The van der Waals surface area contributed by atoms with Gasteiger partial charge in [0, 0.05) is 24.7 Å². The van der Waals surface area contributed by atoms with E-state index in [1.165, 1.54) is 0 Å². The first kappa shape index (κ1) is 43.6. The lowest BCUT2D eigenvalue weighted by molar-refractivity contribution is -0.130. The molecule has 0 saturated heterocycles. The largest absolute Gasteiger partial charge is 0.445 e. The average molecular weight is 788 g/mol. The van der Waals surface area contributed by atoms with E-state index in [9.17, 15) is 33.7 Å². The quantitative estimate of drug-likeness (QED) is 0.0662. The second-order valence-corrected chi connectivity index (χ2v) is 16.9. The van der Waals surface area contributed by atoms with Gasteiger partial charge in [-0.2, -0.15) is 0 Å². The fourth-order valence-corrected chi connectivity index (χ4v) is 8.08. The molecule has 0 radical (unpaired) electrons. The molecule has 0 aliphatic rings. The Morgan fingerprint density at radius 1 is 0.786 bits per heavy atom. The number of fused-ring (bicyclic) bond motifs is 1. The van der Waals surface area contributed by atoms with Crippen molar-refractivity contribution in [2.45, 2.75) is 83.9 Å². The first-order valence-corrected chi connectivity index (χ1v) is 20.9. The zero-order chi connectivity index (χ0) is 40.7. The number of aliphatic hydroxyl groups excluding tert-OH is 1. The molecule has 0 fully saturated rings. The fraction of sp³-hybridized carbons (Fsp3) is 0.405. The standard InChI is InChI=1S/C42H54N5O8P/c1-5-29(4)37(25-48)44-38(49)27-56(53,54)39(22-28(2)3)47-41(51)36(24-33-19-11-12-21-43-33)45-40(50)35(46-42(52)55-26-30-14-7-6-8-15-30)23-32-18-13-17-31-16-9-10-20-34(31)32/h6-21,28-29,35-37,39,48H,5,22-27H2,1-4H3,(H,44,49)(H,45,50)(H,46,52)(H,47,51)(H,53,54)/t29?,35-,36-,37+,39?/m0/s1. The SMILES string of the molecule is CCC(C)[C@@H](CO)NC(=O)CP(=O)(O)C(CC(C)C)NC(=O)[C@H](Cc1ccccn1)NC(=O)[C@H](Cc1cccc2ccccc12)NC(=O)OCc1ccccc1. The van der Waals surface area contributed by atoms with E-state index in [-0.39, 0.29) is 44.3 Å². The van der Waals surface area contributed by atoms with E-state index < -0.39 is 61.3 Å². The molecule has 6 atom stereocenters. The van der Waals surface area contributed by atoms with Crippen molar-refractivity contribution >= 4 is 42.0 Å². The monoisotopic (exact) mass is 787 g/mol. The van der Waals surface area contributed by atoms with Crippen LogP contribution in [0.25, 0.3) is 10.8 Å². The molecule has 13 nitrogen and oxygen atoms in total. The third-order valence-corrected chi connectivity index (χ3v) is 11.7. The van der Waals surface area contributed by atoms with Crippen LogP contribution in [0.15, 0.2) is 97.2 Å². The predicted octanol–water partition coefficient (Wildman–Crippen LogP) is 5.08. The van der Waals surface area contributed by atoms with Crippen molar-refractivity contribution < 1.29 is 38.5 Å². The molecular formula is C42H54N5O8P. The van der Waals surface area contributed by atoms with E-state index in [4.69, 9.17) is 4.74 Å². The van der Waals surface area contributed by atoms with Crippen molar-refractivity contribution in [1.29, 1.82) is 0 Å². The van der Waals surface area contributed by atoms with Gasteiger partial charge in [-0.3, -0.25) is 23.9 Å². The summed E-state index contributed by atoms with van der Waals surface area (Å²) in [5.41, 5.74) is 1.98. The number of nitrogens with one attached hydrogen (secondary N) is 4. The van der Waals surface area contributed by atoms with Crippen molar-refractivity contribution in [2.24, 2.45) is 11.8 Å². The predicted molar refractivity (Wildman–Crippen MR) is 216 cm³/mol. The van der Waals surface area contributed by atoms with Crippen LogP contribution >= 0.6 is 7.37 Å². The number of hydrogen-bond donors (Lipinski definition) is 6. The number of pyridine rings is 1. The number of ether oxygens (including phenoxy) is 1. The first-order valence-electron chi connectivity index (χ1n) is 19.0. The Morgan fingerprint density at radius 3 is 2.12 bits per heavy atom. The molecule has 3 aromatic carbocycles. The van der Waals surface area contributed by atoms with Gasteiger partial charge in [0.1, 0.15) is 30.6 Å². The van der Waals surface area contributed by atoms with Gasteiger partial charge in [0.05, 0.1) is 12.6 Å². The zero-order valence-corrected chi connectivity index (χ0v) is 33.3. The Hall–Kier alpha value is -5.10. The van der Waals surface area contributed by atoms with E-state index >= 15 is 0 Å². The summed E-state index contributed by atoms with van der Waals surface area (Å²) in [5, 5.41) is 22.4. The number of rotatable bonds is 20. The van der Waals surface area contributed by atoms with Gasteiger partial charge < -0.3 is 36.0 Å². The second-order valence-electron chi connectivity index (χ2n) is 14.5. The molecule has 300 valence electrons. The normalized spacial score (nSPS) is 15.1. The molecular weight excluding hydrogens is 733 g/mol. The zero-order valence-electron chi connectivity index (χ0n) is 32.4. The lowest BCUT2D eigenvalue weighted by atomic mass is 9.98. The minimum absolute atomic E-state index is 0.0330. The molecule has 6 N–H and O–H groups in total. The van der Waals surface area contributed by atoms with Crippen molar-refractivity contribution in [3.05, 3.63) is 114 Å². The van der Waals surface area contributed by atoms with Gasteiger partial charge in [-0.1, -0.05) is 113 Å². The minimum Gasteiger partial charge on any atom is -0.445 e. The number of carbonyl (C=O) groups is 4. The number of alkyl carbamates (subject to hydrolysis) is 1. The Balaban J connectivity index is 1.60. The van der Waals surface area contributed by atoms with Crippen LogP contribution in [0.1, 0.15) is 57.4 Å². The van der Waals surface area contributed by atoms with E-state index in [1.807, 2.05) is 88.4 Å². The maximum absolute atomic E-state index is 14.3. The van der Waals surface area contributed by atoms with E-state index in [2.05, 4.69) is 26.3 Å². The summed E-state index contributed by atoms with van der Waals surface area (Å²) in [7, 11) is -4.40. The third-order valence-electron chi connectivity index (χ3n) is 9.63. The number of amides is 4. The van der Waals surface area contributed by atoms with Crippen molar-refractivity contribution in [2.75, 3.05) is 12.8 Å². The highest BCUT2D eigenvalue weighted by Gasteiger charge is 2.38. The topological polar surface area (TPSA) is 196 Å². The number of aliphatic hydroxyl groups is 1. The Morgan fingerprint density at radius 2 is 1.45 bits per heavy atom. The van der Waals surface area contributed by atoms with Gasteiger partial charge in [0.15, 0.2) is 0 Å². The molecule has 56 heavy (non-hydrogen) atoms. The van der Waals surface area contributed by atoms with Gasteiger partial charge in [-0.15, -0.1) is 0 Å². The molecule has 0 bridgehead atoms. The first-order chi connectivity index (χ1) is 26.8. The van der Waals surface area contributed by atoms with E-state index in [0.717, 1.165) is 21.9 Å².